The van der Waals surface area contributed by atoms with E-state index >= 15 is 0 Å². The van der Waals surface area contributed by atoms with E-state index in [0.29, 0.717) is 13.1 Å². The van der Waals surface area contributed by atoms with E-state index in [0.717, 1.165) is 18.5 Å². The highest BCUT2D eigenvalue weighted by atomic mass is 16.2. The van der Waals surface area contributed by atoms with Crippen molar-refractivity contribution in [2.75, 3.05) is 32.0 Å². The van der Waals surface area contributed by atoms with E-state index in [1.807, 2.05) is 30.3 Å². The Morgan fingerprint density at radius 1 is 1.24 bits per heavy atom. The fourth-order valence-electron chi connectivity index (χ4n) is 3.51. The van der Waals surface area contributed by atoms with Gasteiger partial charge < -0.3 is 15.1 Å². The first-order valence-corrected chi connectivity index (χ1v) is 9.83. The minimum absolute atomic E-state index is 0.0164. The number of rotatable bonds is 6. The summed E-state index contributed by atoms with van der Waals surface area (Å²) in [5.74, 6) is -0.662. The van der Waals surface area contributed by atoms with Crippen LogP contribution in [0.1, 0.15) is 25.8 Å². The number of carbonyl (C=O) groups is 3. The molecule has 1 fully saturated rings. The highest BCUT2D eigenvalue weighted by molar-refractivity contribution is 5.93. The number of nitrogens with one attached hydrogen (secondary N) is 1. The van der Waals surface area contributed by atoms with Crippen molar-refractivity contribution in [2.45, 2.75) is 25.8 Å². The third-order valence-electron chi connectivity index (χ3n) is 5.21. The topological polar surface area (TPSA) is 87.5 Å². The molecule has 3 rings (SSSR count). The van der Waals surface area contributed by atoms with Crippen LogP contribution in [0.25, 0.3) is 0 Å². The Morgan fingerprint density at radius 2 is 2.00 bits per heavy atom. The highest BCUT2D eigenvalue weighted by Crippen LogP contribution is 2.19. The summed E-state index contributed by atoms with van der Waals surface area (Å²) in [5.41, 5.74) is 0.749. The molecule has 2 atom stereocenters. The standard InChI is InChI=1S/C21H27N5O3/c1-16(26-13-7-11-22-26)21(29)24(2)15-19(27)25-12-6-8-17(14-25)20(28)23-18-9-4-3-5-10-18/h3-5,7,9-11,13,16-17H,6,8,12,14-15H2,1-2H3,(H,23,28). The smallest absolute Gasteiger partial charge is 0.247 e. The van der Waals surface area contributed by atoms with Crippen molar-refractivity contribution in [3.05, 3.63) is 48.8 Å². The number of likely N-dealkylation sites (tertiary alicyclic amines) is 1. The lowest BCUT2D eigenvalue weighted by atomic mass is 9.97. The van der Waals surface area contributed by atoms with Gasteiger partial charge in [0.15, 0.2) is 0 Å². The van der Waals surface area contributed by atoms with Gasteiger partial charge >= 0.3 is 0 Å². The van der Waals surface area contributed by atoms with Gasteiger partial charge in [-0.25, -0.2) is 0 Å². The number of amides is 3. The number of carbonyl (C=O) groups excluding carboxylic acids is 3. The second kappa shape index (κ2) is 9.36. The molecular formula is C21H27N5O3. The van der Waals surface area contributed by atoms with Crippen molar-refractivity contribution in [1.82, 2.24) is 19.6 Å². The van der Waals surface area contributed by atoms with Gasteiger partial charge in [0.1, 0.15) is 6.04 Å². The Hall–Kier alpha value is -3.16. The SMILES string of the molecule is CC(C(=O)N(C)CC(=O)N1CCCC(C(=O)Nc2ccccc2)C1)n1cccn1. The second-order valence-electron chi connectivity index (χ2n) is 7.39. The molecule has 154 valence electrons. The molecule has 1 aromatic carbocycles. The lowest BCUT2D eigenvalue weighted by molar-refractivity contribution is -0.142. The molecule has 0 aliphatic carbocycles. The van der Waals surface area contributed by atoms with Gasteiger partial charge in [0.2, 0.25) is 17.7 Å². The van der Waals surface area contributed by atoms with Crippen LogP contribution in [0.15, 0.2) is 48.8 Å². The van der Waals surface area contributed by atoms with Crippen LogP contribution in [0.3, 0.4) is 0 Å². The summed E-state index contributed by atoms with van der Waals surface area (Å²) in [6.07, 6.45) is 4.84. The maximum atomic E-state index is 12.7. The van der Waals surface area contributed by atoms with Crippen molar-refractivity contribution < 1.29 is 14.4 Å². The molecule has 8 nitrogen and oxygen atoms in total. The molecule has 1 saturated heterocycles. The average Bonchev–Trinajstić information content (AvgIpc) is 3.28. The van der Waals surface area contributed by atoms with Crippen LogP contribution in [-0.2, 0) is 14.4 Å². The zero-order chi connectivity index (χ0) is 20.8. The molecule has 1 aliphatic rings. The van der Waals surface area contributed by atoms with Crippen molar-refractivity contribution in [3.8, 4) is 0 Å². The summed E-state index contributed by atoms with van der Waals surface area (Å²) < 4.78 is 1.56. The number of nitrogens with zero attached hydrogens (tertiary/aromatic N) is 4. The maximum absolute atomic E-state index is 12.7. The van der Waals surface area contributed by atoms with E-state index < -0.39 is 6.04 Å². The zero-order valence-electron chi connectivity index (χ0n) is 16.8. The maximum Gasteiger partial charge on any atom is 0.247 e. The van der Waals surface area contributed by atoms with Gasteiger partial charge in [-0.05, 0) is 38.0 Å². The molecule has 0 bridgehead atoms. The zero-order valence-corrected chi connectivity index (χ0v) is 16.8. The summed E-state index contributed by atoms with van der Waals surface area (Å²) in [4.78, 5) is 41.0. The van der Waals surface area contributed by atoms with E-state index in [-0.39, 0.29) is 30.2 Å². The minimum atomic E-state index is -0.478. The van der Waals surface area contributed by atoms with Gasteiger partial charge in [-0.3, -0.25) is 19.1 Å². The first-order valence-electron chi connectivity index (χ1n) is 9.83. The summed E-state index contributed by atoms with van der Waals surface area (Å²) in [6, 6.07) is 10.6. The Balaban J connectivity index is 1.53. The number of likely N-dealkylation sites (N-methyl/N-ethyl adjacent to an activating group) is 1. The largest absolute Gasteiger partial charge is 0.340 e. The molecule has 1 aromatic heterocycles. The molecule has 2 aromatic rings. The van der Waals surface area contributed by atoms with Crippen LogP contribution in [-0.4, -0.2) is 64.0 Å². The molecule has 0 saturated carbocycles. The van der Waals surface area contributed by atoms with Crippen LogP contribution >= 0.6 is 0 Å². The van der Waals surface area contributed by atoms with Crippen LogP contribution in [0.5, 0.6) is 0 Å². The van der Waals surface area contributed by atoms with Gasteiger partial charge in [0.05, 0.1) is 12.5 Å². The van der Waals surface area contributed by atoms with Crippen molar-refractivity contribution in [2.24, 2.45) is 5.92 Å². The summed E-state index contributed by atoms with van der Waals surface area (Å²) >= 11 is 0. The van der Waals surface area contributed by atoms with E-state index in [2.05, 4.69) is 10.4 Å². The molecule has 2 unspecified atom stereocenters. The minimum Gasteiger partial charge on any atom is -0.340 e. The quantitative estimate of drug-likeness (QED) is 0.805. The molecular weight excluding hydrogens is 370 g/mol. The summed E-state index contributed by atoms with van der Waals surface area (Å²) in [7, 11) is 1.61. The second-order valence-corrected chi connectivity index (χ2v) is 7.39. The monoisotopic (exact) mass is 397 g/mol. The third-order valence-corrected chi connectivity index (χ3v) is 5.21. The van der Waals surface area contributed by atoms with Crippen molar-refractivity contribution >= 4 is 23.4 Å². The first-order chi connectivity index (χ1) is 14.0. The van der Waals surface area contributed by atoms with Crippen LogP contribution in [0.4, 0.5) is 5.69 Å². The highest BCUT2D eigenvalue weighted by Gasteiger charge is 2.30. The third kappa shape index (κ3) is 5.22. The molecule has 3 amide bonds. The van der Waals surface area contributed by atoms with Crippen LogP contribution in [0, 0.1) is 5.92 Å². The lowest BCUT2D eigenvalue weighted by Gasteiger charge is -2.33. The predicted molar refractivity (Wildman–Crippen MR) is 109 cm³/mol. The Bertz CT molecular complexity index is 837. The van der Waals surface area contributed by atoms with Gasteiger partial charge in [0, 0.05) is 38.2 Å². The Morgan fingerprint density at radius 3 is 2.69 bits per heavy atom. The Kier molecular flexibility index (Phi) is 6.64. The van der Waals surface area contributed by atoms with E-state index in [4.69, 9.17) is 0 Å². The van der Waals surface area contributed by atoms with Gasteiger partial charge in [-0.2, -0.15) is 5.10 Å². The lowest BCUT2D eigenvalue weighted by Crippen LogP contribution is -2.48. The first kappa shape index (κ1) is 20.6. The molecule has 0 radical (unpaired) electrons. The number of hydrogen-bond donors (Lipinski definition) is 1. The predicted octanol–water partition coefficient (Wildman–Crippen LogP) is 1.78. The number of piperidine rings is 1. The number of benzene rings is 1. The molecule has 1 aliphatic heterocycles. The average molecular weight is 397 g/mol. The van der Waals surface area contributed by atoms with Crippen LogP contribution in [0.2, 0.25) is 0 Å². The molecule has 2 heterocycles. The van der Waals surface area contributed by atoms with Gasteiger partial charge in [0.25, 0.3) is 0 Å². The van der Waals surface area contributed by atoms with E-state index in [1.165, 1.54) is 4.90 Å². The summed E-state index contributed by atoms with van der Waals surface area (Å²) in [5, 5.41) is 6.99. The molecule has 8 heteroatoms. The van der Waals surface area contributed by atoms with E-state index in [9.17, 15) is 14.4 Å². The molecule has 29 heavy (non-hydrogen) atoms. The number of aromatic nitrogens is 2. The van der Waals surface area contributed by atoms with Gasteiger partial charge in [-0.15, -0.1) is 0 Å². The fraction of sp³-hybridized carbons (Fsp3) is 0.429. The number of para-hydroxylation sites is 1. The normalized spacial score (nSPS) is 17.4. The van der Waals surface area contributed by atoms with Crippen molar-refractivity contribution in [1.29, 1.82) is 0 Å². The molecule has 1 N–H and O–H groups in total. The van der Waals surface area contributed by atoms with E-state index in [1.54, 1.807) is 42.0 Å². The number of hydrogen-bond acceptors (Lipinski definition) is 4. The molecule has 0 spiro atoms. The Labute approximate surface area is 170 Å². The summed E-state index contributed by atoms with van der Waals surface area (Å²) in [6.45, 7) is 2.71. The van der Waals surface area contributed by atoms with Crippen LogP contribution < -0.4 is 5.32 Å². The van der Waals surface area contributed by atoms with Crippen molar-refractivity contribution in [3.63, 3.8) is 0 Å². The number of anilines is 1. The van der Waals surface area contributed by atoms with Gasteiger partial charge in [-0.1, -0.05) is 18.2 Å². The fourth-order valence-corrected chi connectivity index (χ4v) is 3.51.